The third kappa shape index (κ3) is 3.78. The van der Waals surface area contributed by atoms with E-state index in [0.717, 1.165) is 31.4 Å². The molecule has 0 radical (unpaired) electrons. The lowest BCUT2D eigenvalue weighted by atomic mass is 9.78. The fourth-order valence-electron chi connectivity index (χ4n) is 2.70. The molecule has 0 heterocycles. The van der Waals surface area contributed by atoms with E-state index in [1.54, 1.807) is 23.7 Å². The highest BCUT2D eigenvalue weighted by Gasteiger charge is 2.44. The fourth-order valence-corrected chi connectivity index (χ4v) is 3.16. The number of amides is 1. The molecule has 6 heteroatoms. The molecule has 1 fully saturated rings. The van der Waals surface area contributed by atoms with E-state index in [4.69, 9.17) is 10.9 Å². The maximum atomic E-state index is 12.7. The van der Waals surface area contributed by atoms with Gasteiger partial charge in [0.2, 0.25) is 5.91 Å². The van der Waals surface area contributed by atoms with Crippen LogP contribution in [0.15, 0.2) is 5.16 Å². The predicted molar refractivity (Wildman–Crippen MR) is 79.6 cm³/mol. The lowest BCUT2D eigenvalue weighted by molar-refractivity contribution is -0.137. The average molecular weight is 287 g/mol. The number of nitrogens with zero attached hydrogens (tertiary/aromatic N) is 2. The molecule has 0 spiro atoms. The summed E-state index contributed by atoms with van der Waals surface area (Å²) >= 11 is 1.71. The van der Waals surface area contributed by atoms with Crippen molar-refractivity contribution in [1.82, 2.24) is 4.90 Å². The van der Waals surface area contributed by atoms with Crippen LogP contribution in [0.3, 0.4) is 0 Å². The van der Waals surface area contributed by atoms with Gasteiger partial charge in [0.15, 0.2) is 5.84 Å². The Balaban J connectivity index is 2.92. The monoisotopic (exact) mass is 287 g/mol. The van der Waals surface area contributed by atoms with Crippen LogP contribution in [0.5, 0.6) is 0 Å². The summed E-state index contributed by atoms with van der Waals surface area (Å²) in [5, 5.41) is 12.2. The molecule has 19 heavy (non-hydrogen) atoms. The Bertz CT molecular complexity index is 326. The van der Waals surface area contributed by atoms with E-state index in [-0.39, 0.29) is 11.7 Å². The number of thioether (sulfide) groups is 1. The van der Waals surface area contributed by atoms with Gasteiger partial charge in [0.1, 0.15) is 5.41 Å². The zero-order valence-electron chi connectivity index (χ0n) is 11.9. The Morgan fingerprint density at radius 3 is 2.42 bits per heavy atom. The van der Waals surface area contributed by atoms with E-state index in [0.29, 0.717) is 19.4 Å². The van der Waals surface area contributed by atoms with Gasteiger partial charge in [-0.25, -0.2) is 0 Å². The van der Waals surface area contributed by atoms with Crippen LogP contribution in [0.4, 0.5) is 0 Å². The molecule has 1 saturated carbocycles. The molecule has 1 amide bonds. The van der Waals surface area contributed by atoms with E-state index >= 15 is 0 Å². The quantitative estimate of drug-likeness (QED) is 0.266. The molecular weight excluding hydrogens is 262 g/mol. The first-order valence-corrected chi connectivity index (χ1v) is 8.20. The molecule has 110 valence electrons. The van der Waals surface area contributed by atoms with Gasteiger partial charge in [-0.15, -0.1) is 0 Å². The van der Waals surface area contributed by atoms with Crippen molar-refractivity contribution in [3.8, 4) is 0 Å². The second-order valence-corrected chi connectivity index (χ2v) is 6.19. The van der Waals surface area contributed by atoms with Crippen LogP contribution in [0, 0.1) is 5.41 Å². The molecule has 1 rings (SSSR count). The standard InChI is InChI=1S/C13H25N3O2S/c1-16(9-10-19-2)12(17)13(11(14)15-18)7-5-3-4-6-8-13/h18H,3-10H2,1-2H3,(H2,14,15). The van der Waals surface area contributed by atoms with Crippen LogP contribution in [0.2, 0.25) is 0 Å². The fraction of sp³-hybridized carbons (Fsp3) is 0.846. The third-order valence-electron chi connectivity index (χ3n) is 3.94. The number of carbonyl (C=O) groups excluding carboxylic acids is 1. The van der Waals surface area contributed by atoms with Gasteiger partial charge in [0.25, 0.3) is 0 Å². The van der Waals surface area contributed by atoms with Crippen molar-refractivity contribution in [2.45, 2.75) is 38.5 Å². The van der Waals surface area contributed by atoms with Gasteiger partial charge in [-0.1, -0.05) is 30.8 Å². The zero-order valence-corrected chi connectivity index (χ0v) is 12.7. The summed E-state index contributed by atoms with van der Waals surface area (Å²) in [7, 11) is 1.80. The summed E-state index contributed by atoms with van der Waals surface area (Å²) in [6.07, 6.45) is 7.53. The summed E-state index contributed by atoms with van der Waals surface area (Å²) in [5.74, 6) is 0.975. The number of rotatable bonds is 5. The van der Waals surface area contributed by atoms with Gasteiger partial charge < -0.3 is 15.8 Å². The molecule has 1 aliphatic rings. The largest absolute Gasteiger partial charge is 0.409 e. The highest BCUT2D eigenvalue weighted by Crippen LogP contribution is 2.37. The smallest absolute Gasteiger partial charge is 0.236 e. The van der Waals surface area contributed by atoms with Gasteiger partial charge in [0.05, 0.1) is 0 Å². The minimum absolute atomic E-state index is 0.00116. The molecule has 0 unspecified atom stereocenters. The van der Waals surface area contributed by atoms with Crippen molar-refractivity contribution in [1.29, 1.82) is 0 Å². The predicted octanol–water partition coefficient (Wildman–Crippen LogP) is 1.89. The molecule has 0 aromatic heterocycles. The maximum absolute atomic E-state index is 12.7. The van der Waals surface area contributed by atoms with Crippen LogP contribution in [-0.2, 0) is 4.79 Å². The summed E-state index contributed by atoms with van der Waals surface area (Å²) in [4.78, 5) is 14.4. The highest BCUT2D eigenvalue weighted by molar-refractivity contribution is 7.98. The lowest BCUT2D eigenvalue weighted by Crippen LogP contribution is -2.50. The van der Waals surface area contributed by atoms with E-state index in [2.05, 4.69) is 5.16 Å². The SMILES string of the molecule is CSCCN(C)C(=O)C1(C(N)=NO)CCCCCC1. The van der Waals surface area contributed by atoms with E-state index in [9.17, 15) is 4.79 Å². The average Bonchev–Trinajstić information content (AvgIpc) is 2.69. The second kappa shape index (κ2) is 7.62. The minimum Gasteiger partial charge on any atom is -0.409 e. The van der Waals surface area contributed by atoms with Crippen molar-refractivity contribution >= 4 is 23.5 Å². The van der Waals surface area contributed by atoms with E-state index < -0.39 is 5.41 Å². The van der Waals surface area contributed by atoms with Crippen LogP contribution >= 0.6 is 11.8 Å². The van der Waals surface area contributed by atoms with Crippen molar-refractivity contribution < 1.29 is 10.0 Å². The van der Waals surface area contributed by atoms with Crippen molar-refractivity contribution in [2.24, 2.45) is 16.3 Å². The number of carbonyl (C=O) groups is 1. The van der Waals surface area contributed by atoms with Crippen molar-refractivity contribution in [3.05, 3.63) is 0 Å². The molecule has 0 aliphatic heterocycles. The summed E-state index contributed by atoms with van der Waals surface area (Å²) in [5.41, 5.74) is 5.07. The van der Waals surface area contributed by atoms with E-state index in [1.165, 1.54) is 0 Å². The first kappa shape index (κ1) is 16.1. The van der Waals surface area contributed by atoms with Crippen LogP contribution in [0.1, 0.15) is 38.5 Å². The van der Waals surface area contributed by atoms with Crippen molar-refractivity contribution in [3.63, 3.8) is 0 Å². The van der Waals surface area contributed by atoms with E-state index in [1.807, 2.05) is 6.26 Å². The van der Waals surface area contributed by atoms with Gasteiger partial charge in [-0.05, 0) is 19.1 Å². The molecule has 0 aromatic carbocycles. The molecule has 0 atom stereocenters. The minimum atomic E-state index is -0.793. The molecule has 5 nitrogen and oxygen atoms in total. The zero-order chi connectivity index (χ0) is 14.3. The molecule has 0 saturated heterocycles. The highest BCUT2D eigenvalue weighted by atomic mass is 32.2. The van der Waals surface area contributed by atoms with Gasteiger partial charge in [-0.3, -0.25) is 4.79 Å². The maximum Gasteiger partial charge on any atom is 0.236 e. The third-order valence-corrected chi connectivity index (χ3v) is 4.53. The Labute approximate surface area is 119 Å². The Morgan fingerprint density at radius 2 is 1.95 bits per heavy atom. The number of nitrogens with two attached hydrogens (primary N) is 1. The first-order chi connectivity index (χ1) is 9.08. The van der Waals surface area contributed by atoms with Gasteiger partial charge in [-0.2, -0.15) is 11.8 Å². The Morgan fingerprint density at radius 1 is 1.37 bits per heavy atom. The molecule has 1 aliphatic carbocycles. The lowest BCUT2D eigenvalue weighted by Gasteiger charge is -2.34. The topological polar surface area (TPSA) is 78.9 Å². The van der Waals surface area contributed by atoms with Gasteiger partial charge in [0, 0.05) is 19.3 Å². The molecule has 0 aromatic rings. The van der Waals surface area contributed by atoms with Gasteiger partial charge >= 0.3 is 0 Å². The Hall–Kier alpha value is -0.910. The summed E-state index contributed by atoms with van der Waals surface area (Å²) in [6.45, 7) is 0.695. The number of amidine groups is 1. The van der Waals surface area contributed by atoms with Crippen molar-refractivity contribution in [2.75, 3.05) is 25.6 Å². The van der Waals surface area contributed by atoms with Crippen LogP contribution in [-0.4, -0.2) is 47.5 Å². The summed E-state index contributed by atoms with van der Waals surface area (Å²) in [6, 6.07) is 0. The first-order valence-electron chi connectivity index (χ1n) is 6.81. The summed E-state index contributed by atoms with van der Waals surface area (Å²) < 4.78 is 0. The molecule has 0 bridgehead atoms. The number of hydrogen-bond donors (Lipinski definition) is 2. The number of hydrogen-bond acceptors (Lipinski definition) is 4. The molecular formula is C13H25N3O2S. The van der Waals surface area contributed by atoms with Crippen LogP contribution < -0.4 is 5.73 Å². The number of oxime groups is 1. The molecule has 3 N–H and O–H groups in total. The normalized spacial score (nSPS) is 19.8. The second-order valence-electron chi connectivity index (χ2n) is 5.20. The van der Waals surface area contributed by atoms with Crippen LogP contribution in [0.25, 0.3) is 0 Å². The Kier molecular flexibility index (Phi) is 6.48.